The van der Waals surface area contributed by atoms with Gasteiger partial charge in [0.2, 0.25) is 0 Å². The van der Waals surface area contributed by atoms with Gasteiger partial charge in [-0.1, -0.05) is 18.2 Å². The topological polar surface area (TPSA) is 35.5 Å². The predicted octanol–water partition coefficient (Wildman–Crippen LogP) is 1.85. The molecule has 0 saturated carbocycles. The second-order valence-corrected chi connectivity index (χ2v) is 5.62. The van der Waals surface area contributed by atoms with Crippen LogP contribution in [-0.2, 0) is 6.54 Å². The molecular formula is C16H26N2O. The van der Waals surface area contributed by atoms with Gasteiger partial charge < -0.3 is 10.4 Å². The molecule has 1 heterocycles. The number of aliphatic hydroxyl groups excluding tert-OH is 1. The Hall–Kier alpha value is -0.900. The zero-order chi connectivity index (χ0) is 13.7. The van der Waals surface area contributed by atoms with E-state index >= 15 is 0 Å². The van der Waals surface area contributed by atoms with E-state index < -0.39 is 0 Å². The van der Waals surface area contributed by atoms with Gasteiger partial charge in [0, 0.05) is 25.7 Å². The third-order valence-electron chi connectivity index (χ3n) is 4.08. The zero-order valence-electron chi connectivity index (χ0n) is 12.2. The van der Waals surface area contributed by atoms with E-state index in [0.717, 1.165) is 26.2 Å². The van der Waals surface area contributed by atoms with Crippen molar-refractivity contribution in [1.29, 1.82) is 0 Å². The molecule has 0 aliphatic carbocycles. The van der Waals surface area contributed by atoms with Crippen molar-refractivity contribution < 1.29 is 5.11 Å². The molecule has 3 nitrogen and oxygen atoms in total. The molecule has 19 heavy (non-hydrogen) atoms. The first kappa shape index (κ1) is 14.5. The summed E-state index contributed by atoms with van der Waals surface area (Å²) in [5, 5.41) is 12.8. The highest BCUT2D eigenvalue weighted by Gasteiger charge is 2.18. The molecule has 1 aliphatic rings. The second-order valence-electron chi connectivity index (χ2n) is 5.62. The number of hydrogen-bond donors (Lipinski definition) is 2. The highest BCUT2D eigenvalue weighted by atomic mass is 16.3. The van der Waals surface area contributed by atoms with Crippen LogP contribution in [0.3, 0.4) is 0 Å². The minimum atomic E-state index is 0.234. The summed E-state index contributed by atoms with van der Waals surface area (Å²) in [5.41, 5.74) is 4.11. The molecule has 0 bridgehead atoms. The maximum Gasteiger partial charge on any atom is 0.0558 e. The molecule has 1 aliphatic heterocycles. The van der Waals surface area contributed by atoms with Gasteiger partial charge in [-0.3, -0.25) is 4.90 Å². The average molecular weight is 262 g/mol. The standard InChI is InChI=1S/C16H26N2O/c1-13-5-3-6-14(2)16(13)12-18(9-10-19)11-15-7-4-8-17-15/h3,5-6,15,17,19H,4,7-12H2,1-2H3. The minimum Gasteiger partial charge on any atom is -0.395 e. The number of aliphatic hydroxyl groups is 1. The Kier molecular flexibility index (Phi) is 5.37. The summed E-state index contributed by atoms with van der Waals surface area (Å²) in [4.78, 5) is 2.37. The van der Waals surface area contributed by atoms with E-state index in [0.29, 0.717) is 6.04 Å². The summed E-state index contributed by atoms with van der Waals surface area (Å²) < 4.78 is 0. The number of benzene rings is 1. The molecule has 1 unspecified atom stereocenters. The molecule has 1 atom stereocenters. The lowest BCUT2D eigenvalue weighted by atomic mass is 10.0. The number of aryl methyl sites for hydroxylation is 2. The lowest BCUT2D eigenvalue weighted by Crippen LogP contribution is -2.38. The maximum atomic E-state index is 9.27. The Labute approximate surface area is 116 Å². The van der Waals surface area contributed by atoms with Crippen molar-refractivity contribution in [2.75, 3.05) is 26.2 Å². The number of nitrogens with zero attached hydrogens (tertiary/aromatic N) is 1. The van der Waals surface area contributed by atoms with Crippen LogP contribution < -0.4 is 5.32 Å². The van der Waals surface area contributed by atoms with Crippen molar-refractivity contribution in [3.8, 4) is 0 Å². The molecule has 1 aromatic carbocycles. The van der Waals surface area contributed by atoms with Gasteiger partial charge in [-0.05, 0) is 49.9 Å². The van der Waals surface area contributed by atoms with Gasteiger partial charge in [-0.15, -0.1) is 0 Å². The van der Waals surface area contributed by atoms with E-state index in [9.17, 15) is 5.11 Å². The SMILES string of the molecule is Cc1cccc(C)c1CN(CCO)CC1CCCN1. The fourth-order valence-corrected chi connectivity index (χ4v) is 2.92. The van der Waals surface area contributed by atoms with Crippen LogP contribution in [0.25, 0.3) is 0 Å². The highest BCUT2D eigenvalue weighted by Crippen LogP contribution is 2.17. The van der Waals surface area contributed by atoms with Crippen LogP contribution in [-0.4, -0.2) is 42.3 Å². The van der Waals surface area contributed by atoms with E-state index in [4.69, 9.17) is 0 Å². The molecular weight excluding hydrogens is 236 g/mol. The molecule has 106 valence electrons. The summed E-state index contributed by atoms with van der Waals surface area (Å²) in [6, 6.07) is 7.06. The Bertz CT molecular complexity index is 379. The molecule has 3 heteroatoms. The van der Waals surface area contributed by atoms with Gasteiger partial charge >= 0.3 is 0 Å². The molecule has 2 N–H and O–H groups in total. The first-order chi connectivity index (χ1) is 9.20. The lowest BCUT2D eigenvalue weighted by molar-refractivity contribution is 0.178. The molecule has 1 fully saturated rings. The average Bonchev–Trinajstić information content (AvgIpc) is 2.87. The fourth-order valence-electron chi connectivity index (χ4n) is 2.92. The maximum absolute atomic E-state index is 9.27. The zero-order valence-corrected chi connectivity index (χ0v) is 12.2. The van der Waals surface area contributed by atoms with Gasteiger partial charge in [0.25, 0.3) is 0 Å². The van der Waals surface area contributed by atoms with Gasteiger partial charge in [0.15, 0.2) is 0 Å². The van der Waals surface area contributed by atoms with Crippen molar-refractivity contribution >= 4 is 0 Å². The summed E-state index contributed by atoms with van der Waals surface area (Å²) in [6.45, 7) is 8.46. The Morgan fingerprint density at radius 3 is 2.63 bits per heavy atom. The first-order valence-corrected chi connectivity index (χ1v) is 7.32. The molecule has 0 radical (unpaired) electrons. The van der Waals surface area contributed by atoms with E-state index in [-0.39, 0.29) is 6.61 Å². The largest absolute Gasteiger partial charge is 0.395 e. The van der Waals surface area contributed by atoms with Crippen LogP contribution in [0.1, 0.15) is 29.5 Å². The number of hydrogen-bond acceptors (Lipinski definition) is 3. The van der Waals surface area contributed by atoms with Crippen LogP contribution >= 0.6 is 0 Å². The summed E-state index contributed by atoms with van der Waals surface area (Å²) in [5.74, 6) is 0. The molecule has 0 spiro atoms. The molecule has 2 rings (SSSR count). The Morgan fingerprint density at radius 2 is 2.05 bits per heavy atom. The molecule has 0 amide bonds. The normalized spacial score (nSPS) is 19.3. The second kappa shape index (κ2) is 7.04. The van der Waals surface area contributed by atoms with Crippen molar-refractivity contribution in [3.05, 3.63) is 34.9 Å². The van der Waals surface area contributed by atoms with Crippen LogP contribution in [0, 0.1) is 13.8 Å². The van der Waals surface area contributed by atoms with Crippen LogP contribution in [0.5, 0.6) is 0 Å². The van der Waals surface area contributed by atoms with Crippen molar-refractivity contribution in [3.63, 3.8) is 0 Å². The van der Waals surface area contributed by atoms with Gasteiger partial charge in [0.1, 0.15) is 0 Å². The van der Waals surface area contributed by atoms with Crippen molar-refractivity contribution in [2.24, 2.45) is 0 Å². The van der Waals surface area contributed by atoms with Crippen molar-refractivity contribution in [2.45, 2.75) is 39.3 Å². The smallest absolute Gasteiger partial charge is 0.0558 e. The van der Waals surface area contributed by atoms with E-state index in [1.807, 2.05) is 0 Å². The van der Waals surface area contributed by atoms with E-state index in [2.05, 4.69) is 42.3 Å². The molecule has 0 aromatic heterocycles. The monoisotopic (exact) mass is 262 g/mol. The fraction of sp³-hybridized carbons (Fsp3) is 0.625. The van der Waals surface area contributed by atoms with Gasteiger partial charge in [-0.25, -0.2) is 0 Å². The Morgan fingerprint density at radius 1 is 1.32 bits per heavy atom. The van der Waals surface area contributed by atoms with Crippen LogP contribution in [0.15, 0.2) is 18.2 Å². The Balaban J connectivity index is 2.02. The lowest BCUT2D eigenvalue weighted by Gasteiger charge is -2.26. The summed E-state index contributed by atoms with van der Waals surface area (Å²) in [6.07, 6.45) is 2.54. The third kappa shape index (κ3) is 4.03. The number of nitrogens with one attached hydrogen (secondary N) is 1. The third-order valence-corrected chi connectivity index (χ3v) is 4.08. The van der Waals surface area contributed by atoms with E-state index in [1.165, 1.54) is 29.5 Å². The predicted molar refractivity (Wildman–Crippen MR) is 79.3 cm³/mol. The quantitative estimate of drug-likeness (QED) is 0.821. The minimum absolute atomic E-state index is 0.234. The summed E-state index contributed by atoms with van der Waals surface area (Å²) >= 11 is 0. The van der Waals surface area contributed by atoms with Crippen LogP contribution in [0.2, 0.25) is 0 Å². The van der Waals surface area contributed by atoms with Gasteiger partial charge in [-0.2, -0.15) is 0 Å². The molecule has 1 saturated heterocycles. The first-order valence-electron chi connectivity index (χ1n) is 7.32. The van der Waals surface area contributed by atoms with Crippen molar-refractivity contribution in [1.82, 2.24) is 10.2 Å². The summed E-state index contributed by atoms with van der Waals surface area (Å²) in [7, 11) is 0. The molecule has 1 aromatic rings. The van der Waals surface area contributed by atoms with Crippen LogP contribution in [0.4, 0.5) is 0 Å². The number of rotatable bonds is 6. The van der Waals surface area contributed by atoms with Gasteiger partial charge in [0.05, 0.1) is 6.61 Å². The highest BCUT2D eigenvalue weighted by molar-refractivity contribution is 5.33. The van der Waals surface area contributed by atoms with E-state index in [1.54, 1.807) is 0 Å².